The summed E-state index contributed by atoms with van der Waals surface area (Å²) in [6.45, 7) is 5.92. The standard InChI is InChI=1S/C23H28N4OS/c1-2-27-21-13-7-6-12-20(21)25-23(27)29-17-22(28)24-19-11-8-14-26(16-19)15-18-9-4-3-5-10-18/h3-7,9-10,12-13,19H,2,8,11,14-17H2,1H3,(H,24,28). The first-order valence-corrected chi connectivity index (χ1v) is 11.3. The van der Waals surface area contributed by atoms with Crippen molar-refractivity contribution in [2.45, 2.75) is 44.1 Å². The molecule has 2 heterocycles. The summed E-state index contributed by atoms with van der Waals surface area (Å²) in [5.74, 6) is 0.495. The van der Waals surface area contributed by atoms with E-state index in [2.05, 4.69) is 52.0 Å². The summed E-state index contributed by atoms with van der Waals surface area (Å²) in [5.41, 5.74) is 3.44. The van der Waals surface area contributed by atoms with Crippen molar-refractivity contribution >= 4 is 28.7 Å². The van der Waals surface area contributed by atoms with Crippen molar-refractivity contribution in [3.05, 3.63) is 60.2 Å². The molecule has 1 aromatic heterocycles. The average molecular weight is 409 g/mol. The van der Waals surface area contributed by atoms with Gasteiger partial charge in [0.05, 0.1) is 16.8 Å². The van der Waals surface area contributed by atoms with Crippen LogP contribution >= 0.6 is 11.8 Å². The molecule has 1 fully saturated rings. The molecule has 0 aliphatic carbocycles. The molecule has 5 nitrogen and oxygen atoms in total. The third-order valence-corrected chi connectivity index (χ3v) is 6.36. The monoisotopic (exact) mass is 408 g/mol. The Bertz CT molecular complexity index is 956. The molecule has 6 heteroatoms. The molecule has 0 saturated carbocycles. The fourth-order valence-electron chi connectivity index (χ4n) is 4.03. The fraction of sp³-hybridized carbons (Fsp3) is 0.391. The Balaban J connectivity index is 1.30. The Hall–Kier alpha value is -2.31. The number of fused-ring (bicyclic) bond motifs is 1. The van der Waals surface area contributed by atoms with E-state index in [0.29, 0.717) is 5.75 Å². The van der Waals surface area contributed by atoms with Crippen molar-refractivity contribution in [2.75, 3.05) is 18.8 Å². The highest BCUT2D eigenvalue weighted by Crippen LogP contribution is 2.24. The van der Waals surface area contributed by atoms with Crippen LogP contribution in [0.25, 0.3) is 11.0 Å². The largest absolute Gasteiger partial charge is 0.351 e. The molecule has 152 valence electrons. The fourth-order valence-corrected chi connectivity index (χ4v) is 4.92. The summed E-state index contributed by atoms with van der Waals surface area (Å²) < 4.78 is 2.18. The topological polar surface area (TPSA) is 50.2 Å². The van der Waals surface area contributed by atoms with Crippen LogP contribution in [0.15, 0.2) is 59.8 Å². The maximum absolute atomic E-state index is 12.6. The van der Waals surface area contributed by atoms with Gasteiger partial charge in [-0.25, -0.2) is 4.98 Å². The quantitative estimate of drug-likeness (QED) is 0.602. The second-order valence-electron chi connectivity index (χ2n) is 7.54. The third-order valence-electron chi connectivity index (χ3n) is 5.39. The Labute approximate surface area is 176 Å². The zero-order valence-electron chi connectivity index (χ0n) is 16.9. The van der Waals surface area contributed by atoms with Crippen LogP contribution in [0.1, 0.15) is 25.3 Å². The lowest BCUT2D eigenvalue weighted by molar-refractivity contribution is -0.119. The number of imidazole rings is 1. The molecule has 1 saturated heterocycles. The maximum Gasteiger partial charge on any atom is 0.230 e. The summed E-state index contributed by atoms with van der Waals surface area (Å²) >= 11 is 1.52. The number of para-hydroxylation sites is 2. The zero-order valence-corrected chi connectivity index (χ0v) is 17.7. The van der Waals surface area contributed by atoms with Gasteiger partial charge in [0.1, 0.15) is 0 Å². The van der Waals surface area contributed by atoms with E-state index in [9.17, 15) is 4.79 Å². The lowest BCUT2D eigenvalue weighted by atomic mass is 10.0. The molecule has 1 N–H and O–H groups in total. The molecule has 4 rings (SSSR count). The predicted octanol–water partition coefficient (Wildman–Crippen LogP) is 3.93. The first kappa shape index (κ1) is 20.0. The van der Waals surface area contributed by atoms with Gasteiger partial charge in [-0.15, -0.1) is 0 Å². The molecule has 0 radical (unpaired) electrons. The number of aromatic nitrogens is 2. The molecular formula is C23H28N4OS. The SMILES string of the molecule is CCn1c(SCC(=O)NC2CCCN(Cc3ccccc3)C2)nc2ccccc21. The highest BCUT2D eigenvalue weighted by atomic mass is 32.2. The van der Waals surface area contributed by atoms with E-state index in [-0.39, 0.29) is 11.9 Å². The molecule has 1 aliphatic rings. The van der Waals surface area contributed by atoms with Crippen molar-refractivity contribution in [3.8, 4) is 0 Å². The second-order valence-corrected chi connectivity index (χ2v) is 8.49. The van der Waals surface area contributed by atoms with E-state index < -0.39 is 0 Å². The summed E-state index contributed by atoms with van der Waals surface area (Å²) in [4.78, 5) is 19.7. The normalized spacial score (nSPS) is 17.5. The van der Waals surface area contributed by atoms with E-state index in [1.807, 2.05) is 24.3 Å². The van der Waals surface area contributed by atoms with Crippen molar-refractivity contribution < 1.29 is 4.79 Å². The molecular weight excluding hydrogens is 380 g/mol. The maximum atomic E-state index is 12.6. The van der Waals surface area contributed by atoms with Crippen LogP contribution in [0, 0.1) is 0 Å². The number of rotatable bonds is 7. The molecule has 2 aromatic carbocycles. The third kappa shape index (κ3) is 5.00. The van der Waals surface area contributed by atoms with Gasteiger partial charge in [0.25, 0.3) is 0 Å². The average Bonchev–Trinajstić information content (AvgIpc) is 3.11. The number of thioether (sulfide) groups is 1. The first-order chi connectivity index (χ1) is 14.2. The van der Waals surface area contributed by atoms with Crippen LogP contribution < -0.4 is 5.32 Å². The van der Waals surface area contributed by atoms with Crippen molar-refractivity contribution in [2.24, 2.45) is 0 Å². The van der Waals surface area contributed by atoms with Crippen LogP contribution in [0.4, 0.5) is 0 Å². The molecule has 3 aromatic rings. The lowest BCUT2D eigenvalue weighted by Gasteiger charge is -2.33. The summed E-state index contributed by atoms with van der Waals surface area (Å²) in [6, 6.07) is 18.9. The van der Waals surface area contributed by atoms with Crippen molar-refractivity contribution in [1.82, 2.24) is 19.8 Å². The van der Waals surface area contributed by atoms with Gasteiger partial charge in [-0.1, -0.05) is 54.2 Å². The number of likely N-dealkylation sites (tertiary alicyclic amines) is 1. The molecule has 1 atom stereocenters. The number of amides is 1. The van der Waals surface area contributed by atoms with Crippen LogP contribution in [0.2, 0.25) is 0 Å². The summed E-state index contributed by atoms with van der Waals surface area (Å²) in [6.07, 6.45) is 2.17. The van der Waals surface area contributed by atoms with Gasteiger partial charge in [-0.2, -0.15) is 0 Å². The van der Waals surface area contributed by atoms with Gasteiger partial charge in [-0.3, -0.25) is 9.69 Å². The number of piperidine rings is 1. The minimum absolute atomic E-state index is 0.0938. The first-order valence-electron chi connectivity index (χ1n) is 10.4. The summed E-state index contributed by atoms with van der Waals surface area (Å²) in [7, 11) is 0. The van der Waals surface area contributed by atoms with E-state index in [4.69, 9.17) is 4.98 Å². The number of benzene rings is 2. The van der Waals surface area contributed by atoms with Gasteiger partial charge >= 0.3 is 0 Å². The molecule has 0 spiro atoms. The van der Waals surface area contributed by atoms with Crippen LogP contribution in [0.3, 0.4) is 0 Å². The molecule has 0 bridgehead atoms. The summed E-state index contributed by atoms with van der Waals surface area (Å²) in [5, 5.41) is 4.15. The highest BCUT2D eigenvalue weighted by Gasteiger charge is 2.22. The Morgan fingerprint density at radius 1 is 1.17 bits per heavy atom. The number of nitrogens with zero attached hydrogens (tertiary/aromatic N) is 3. The molecule has 1 aliphatic heterocycles. The zero-order chi connectivity index (χ0) is 20.1. The number of aryl methyl sites for hydroxylation is 1. The Morgan fingerprint density at radius 3 is 2.79 bits per heavy atom. The van der Waals surface area contributed by atoms with Gasteiger partial charge in [-0.05, 0) is 44.0 Å². The van der Waals surface area contributed by atoms with Gasteiger partial charge in [0.15, 0.2) is 5.16 Å². The predicted molar refractivity (Wildman–Crippen MR) is 119 cm³/mol. The highest BCUT2D eigenvalue weighted by molar-refractivity contribution is 7.99. The number of hydrogen-bond acceptors (Lipinski definition) is 4. The van der Waals surface area contributed by atoms with Crippen molar-refractivity contribution in [3.63, 3.8) is 0 Å². The second kappa shape index (κ2) is 9.46. The Kier molecular flexibility index (Phi) is 6.52. The van der Waals surface area contributed by atoms with Crippen LogP contribution in [0.5, 0.6) is 0 Å². The number of carbonyl (C=O) groups excluding carboxylic acids is 1. The van der Waals surface area contributed by atoms with Gasteiger partial charge in [0, 0.05) is 25.7 Å². The smallest absolute Gasteiger partial charge is 0.230 e. The molecule has 29 heavy (non-hydrogen) atoms. The van der Waals surface area contributed by atoms with Gasteiger partial charge < -0.3 is 9.88 Å². The molecule has 1 unspecified atom stereocenters. The molecule has 1 amide bonds. The number of carbonyl (C=O) groups is 1. The minimum atomic E-state index is 0.0938. The van der Waals surface area contributed by atoms with E-state index in [1.54, 1.807) is 0 Å². The van der Waals surface area contributed by atoms with Crippen LogP contribution in [-0.4, -0.2) is 45.2 Å². The van der Waals surface area contributed by atoms with Gasteiger partial charge in [0.2, 0.25) is 5.91 Å². The Morgan fingerprint density at radius 2 is 1.97 bits per heavy atom. The van der Waals surface area contributed by atoms with Crippen molar-refractivity contribution in [1.29, 1.82) is 0 Å². The lowest BCUT2D eigenvalue weighted by Crippen LogP contribution is -2.47. The minimum Gasteiger partial charge on any atom is -0.351 e. The number of hydrogen-bond donors (Lipinski definition) is 1. The van der Waals surface area contributed by atoms with E-state index >= 15 is 0 Å². The van der Waals surface area contributed by atoms with Crippen LogP contribution in [-0.2, 0) is 17.9 Å². The number of nitrogens with one attached hydrogen (secondary N) is 1. The van der Waals surface area contributed by atoms with E-state index in [0.717, 1.165) is 55.2 Å². The van der Waals surface area contributed by atoms with E-state index in [1.165, 1.54) is 17.3 Å².